The molecule has 0 aliphatic heterocycles. The van der Waals surface area contributed by atoms with Crippen molar-refractivity contribution in [3.63, 3.8) is 0 Å². The second-order valence-electron chi connectivity index (χ2n) is 4.44. The maximum atomic E-state index is 12.5. The maximum Gasteiger partial charge on any atom is 0.416 e. The summed E-state index contributed by atoms with van der Waals surface area (Å²) in [7, 11) is 0. The van der Waals surface area contributed by atoms with Crippen molar-refractivity contribution in [1.29, 1.82) is 0 Å². The van der Waals surface area contributed by atoms with E-state index in [1.165, 1.54) is 30.6 Å². The molecule has 0 saturated heterocycles. The van der Waals surface area contributed by atoms with Gasteiger partial charge in [0.05, 0.1) is 5.56 Å². The zero-order valence-corrected chi connectivity index (χ0v) is 14.9. The van der Waals surface area contributed by atoms with Gasteiger partial charge in [-0.2, -0.15) is 18.2 Å². The number of halogens is 6. The van der Waals surface area contributed by atoms with E-state index < -0.39 is 11.7 Å². The molecular weight excluding hydrogens is 416 g/mol. The number of benzene rings is 1. The quantitative estimate of drug-likeness (QED) is 0.389. The molecule has 0 aliphatic rings. The van der Waals surface area contributed by atoms with E-state index in [1.54, 1.807) is 6.07 Å². The summed E-state index contributed by atoms with van der Waals surface area (Å²) in [5, 5.41) is 0.502. The molecule has 3 rings (SSSR count). The smallest absolute Gasteiger partial charge is 0.416 e. The van der Waals surface area contributed by atoms with Crippen LogP contribution in [0.1, 0.15) is 5.56 Å². The molecule has 3 aromatic rings. The van der Waals surface area contributed by atoms with Crippen LogP contribution in [0.15, 0.2) is 48.8 Å². The number of rotatable bonds is 2. The Morgan fingerprint density at radius 2 is 1.50 bits per heavy atom. The van der Waals surface area contributed by atoms with E-state index in [4.69, 9.17) is 39.5 Å². The van der Waals surface area contributed by atoms with Crippen molar-refractivity contribution >= 4 is 34.8 Å². The van der Waals surface area contributed by atoms with Crippen LogP contribution in [0.25, 0.3) is 0 Å². The minimum Gasteiger partial charge on any atom is -0.439 e. The van der Waals surface area contributed by atoms with E-state index in [2.05, 4.69) is 19.9 Å². The van der Waals surface area contributed by atoms with Crippen molar-refractivity contribution in [1.82, 2.24) is 19.9 Å². The van der Waals surface area contributed by atoms with Crippen molar-refractivity contribution in [2.24, 2.45) is 0 Å². The Hall–Kier alpha value is -2.16. The van der Waals surface area contributed by atoms with E-state index in [1.807, 2.05) is 0 Å². The molecule has 26 heavy (non-hydrogen) atoms. The monoisotopic (exact) mass is 422 g/mol. The predicted octanol–water partition coefficient (Wildman–Crippen LogP) is 5.72. The van der Waals surface area contributed by atoms with Gasteiger partial charge in [-0.25, -0.2) is 15.0 Å². The number of nitrogens with zero attached hydrogens (tertiary/aromatic N) is 4. The zero-order chi connectivity index (χ0) is 19.2. The number of hydrogen-bond donors (Lipinski definition) is 0. The molecule has 0 spiro atoms. The molecule has 1 aromatic carbocycles. The molecule has 0 saturated carbocycles. The molecular formula is C15H8Cl3F3N4O. The highest BCUT2D eigenvalue weighted by molar-refractivity contribution is 6.31. The summed E-state index contributed by atoms with van der Waals surface area (Å²) < 4.78 is 42.6. The highest BCUT2D eigenvalue weighted by Gasteiger charge is 2.30. The SMILES string of the molecule is Clc1ccnc(Cl)n1.FC(F)(F)c1cccc(Oc2ccnc(Cl)n2)c1. The maximum absolute atomic E-state index is 12.5. The van der Waals surface area contributed by atoms with Crippen LogP contribution in [-0.4, -0.2) is 19.9 Å². The predicted molar refractivity (Wildman–Crippen MR) is 90.6 cm³/mol. The van der Waals surface area contributed by atoms with Crippen molar-refractivity contribution in [2.75, 3.05) is 0 Å². The van der Waals surface area contributed by atoms with Gasteiger partial charge in [-0.15, -0.1) is 0 Å². The molecule has 0 unspecified atom stereocenters. The normalized spacial score (nSPS) is 10.7. The Labute approximate surface area is 160 Å². The lowest BCUT2D eigenvalue weighted by Gasteiger charge is -2.09. The number of hydrogen-bond acceptors (Lipinski definition) is 5. The van der Waals surface area contributed by atoms with E-state index >= 15 is 0 Å². The van der Waals surface area contributed by atoms with Gasteiger partial charge in [-0.1, -0.05) is 17.7 Å². The molecule has 2 heterocycles. The van der Waals surface area contributed by atoms with E-state index in [-0.39, 0.29) is 22.2 Å². The molecule has 2 aromatic heterocycles. The van der Waals surface area contributed by atoms with Crippen LogP contribution >= 0.6 is 34.8 Å². The van der Waals surface area contributed by atoms with Crippen LogP contribution < -0.4 is 4.74 Å². The molecule has 0 N–H and O–H groups in total. The van der Waals surface area contributed by atoms with Gasteiger partial charge in [0.1, 0.15) is 10.9 Å². The Morgan fingerprint density at radius 1 is 0.846 bits per heavy atom. The third kappa shape index (κ3) is 6.62. The first kappa shape index (κ1) is 20.2. The average Bonchev–Trinajstić information content (AvgIpc) is 2.55. The Bertz CT molecular complexity index is 863. The fourth-order valence-corrected chi connectivity index (χ4v) is 2.01. The second kappa shape index (κ2) is 8.98. The minimum absolute atomic E-state index is 0.0274. The average molecular weight is 424 g/mol. The first-order valence-corrected chi connectivity index (χ1v) is 7.85. The lowest BCUT2D eigenvalue weighted by atomic mass is 10.2. The Kier molecular flexibility index (Phi) is 6.96. The molecule has 0 atom stereocenters. The summed E-state index contributed by atoms with van der Waals surface area (Å²) in [5.74, 6) is 0.105. The standard InChI is InChI=1S/C11H6ClF3N2O.C4H2Cl2N2/c12-10-16-5-4-9(17-10)18-8-3-1-2-7(6-8)11(13,14)15;5-3-1-2-7-4(6)8-3/h1-6H;1-2H. The highest BCUT2D eigenvalue weighted by atomic mass is 35.5. The van der Waals surface area contributed by atoms with Crippen molar-refractivity contribution in [3.05, 3.63) is 70.1 Å². The van der Waals surface area contributed by atoms with Gasteiger partial charge in [-0.05, 0) is 47.5 Å². The minimum atomic E-state index is -4.41. The third-order valence-electron chi connectivity index (χ3n) is 2.58. The van der Waals surface area contributed by atoms with Gasteiger partial charge in [0.15, 0.2) is 0 Å². The fourth-order valence-electron chi connectivity index (χ4n) is 1.55. The van der Waals surface area contributed by atoms with E-state index in [0.29, 0.717) is 5.15 Å². The van der Waals surface area contributed by atoms with Crippen LogP contribution in [-0.2, 0) is 6.18 Å². The molecule has 0 aliphatic carbocycles. The van der Waals surface area contributed by atoms with Gasteiger partial charge >= 0.3 is 6.18 Å². The van der Waals surface area contributed by atoms with Crippen LogP contribution in [0.3, 0.4) is 0 Å². The molecule has 11 heteroatoms. The fraction of sp³-hybridized carbons (Fsp3) is 0.0667. The van der Waals surface area contributed by atoms with Gasteiger partial charge in [-0.3, -0.25) is 0 Å². The second-order valence-corrected chi connectivity index (χ2v) is 5.50. The third-order valence-corrected chi connectivity index (χ3v) is 3.15. The molecule has 0 fully saturated rings. The van der Waals surface area contributed by atoms with E-state index in [0.717, 1.165) is 12.1 Å². The topological polar surface area (TPSA) is 60.8 Å². The lowest BCUT2D eigenvalue weighted by Crippen LogP contribution is -2.04. The molecule has 0 radical (unpaired) electrons. The zero-order valence-electron chi connectivity index (χ0n) is 12.6. The van der Waals surface area contributed by atoms with Crippen LogP contribution in [0.5, 0.6) is 11.6 Å². The number of aromatic nitrogens is 4. The first-order chi connectivity index (χ1) is 12.2. The molecule has 136 valence electrons. The summed E-state index contributed by atoms with van der Waals surface area (Å²) in [6, 6.07) is 7.45. The van der Waals surface area contributed by atoms with Crippen LogP contribution in [0, 0.1) is 0 Å². The van der Waals surface area contributed by atoms with Crippen molar-refractivity contribution in [2.45, 2.75) is 6.18 Å². The van der Waals surface area contributed by atoms with Crippen molar-refractivity contribution < 1.29 is 17.9 Å². The summed E-state index contributed by atoms with van der Waals surface area (Å²) in [6.45, 7) is 0. The lowest BCUT2D eigenvalue weighted by molar-refractivity contribution is -0.137. The summed E-state index contributed by atoms with van der Waals surface area (Å²) >= 11 is 16.3. The van der Waals surface area contributed by atoms with Gasteiger partial charge in [0.2, 0.25) is 16.4 Å². The van der Waals surface area contributed by atoms with Crippen LogP contribution in [0.2, 0.25) is 15.7 Å². The largest absolute Gasteiger partial charge is 0.439 e. The highest BCUT2D eigenvalue weighted by Crippen LogP contribution is 2.32. The van der Waals surface area contributed by atoms with Gasteiger partial charge in [0, 0.05) is 18.5 Å². The first-order valence-electron chi connectivity index (χ1n) is 6.72. The molecule has 0 bridgehead atoms. The molecule has 5 nitrogen and oxygen atoms in total. The van der Waals surface area contributed by atoms with Gasteiger partial charge < -0.3 is 4.74 Å². The van der Waals surface area contributed by atoms with Crippen molar-refractivity contribution in [3.8, 4) is 11.6 Å². The summed E-state index contributed by atoms with van der Waals surface area (Å²) in [6.07, 6.45) is -1.57. The molecule has 0 amide bonds. The van der Waals surface area contributed by atoms with E-state index in [9.17, 15) is 13.2 Å². The van der Waals surface area contributed by atoms with Crippen LogP contribution in [0.4, 0.5) is 13.2 Å². The summed E-state index contributed by atoms with van der Waals surface area (Å²) in [4.78, 5) is 14.5. The number of alkyl halides is 3. The number of ether oxygens (including phenoxy) is 1. The Morgan fingerprint density at radius 3 is 2.04 bits per heavy atom. The summed E-state index contributed by atoms with van der Waals surface area (Å²) in [5.41, 5.74) is -0.792. The Balaban J connectivity index is 0.000000254. The van der Waals surface area contributed by atoms with Gasteiger partial charge in [0.25, 0.3) is 0 Å².